The van der Waals surface area contributed by atoms with Gasteiger partial charge in [-0.25, -0.2) is 4.39 Å². The SMILES string of the molecule is CC(=O)c1cnn(C)c1-c1cccc(F)c1. The summed E-state index contributed by atoms with van der Waals surface area (Å²) in [4.78, 5) is 11.4. The smallest absolute Gasteiger partial charge is 0.163 e. The van der Waals surface area contributed by atoms with Crippen LogP contribution in [0.4, 0.5) is 4.39 Å². The first-order valence-electron chi connectivity index (χ1n) is 4.88. The van der Waals surface area contributed by atoms with Crippen molar-refractivity contribution >= 4 is 5.78 Å². The molecular weight excluding hydrogens is 207 g/mol. The van der Waals surface area contributed by atoms with E-state index in [2.05, 4.69) is 5.10 Å². The first-order valence-corrected chi connectivity index (χ1v) is 4.88. The van der Waals surface area contributed by atoms with Crippen molar-refractivity contribution in [2.24, 2.45) is 7.05 Å². The Kier molecular flexibility index (Phi) is 2.56. The van der Waals surface area contributed by atoms with Gasteiger partial charge in [0.25, 0.3) is 0 Å². The van der Waals surface area contributed by atoms with Crippen LogP contribution in [0.15, 0.2) is 30.5 Å². The predicted molar refractivity (Wildman–Crippen MR) is 58.6 cm³/mol. The molecule has 82 valence electrons. The lowest BCUT2D eigenvalue weighted by atomic mass is 10.1. The highest BCUT2D eigenvalue weighted by atomic mass is 19.1. The number of benzene rings is 1. The van der Waals surface area contributed by atoms with Gasteiger partial charge in [-0.2, -0.15) is 5.10 Å². The summed E-state index contributed by atoms with van der Waals surface area (Å²) < 4.78 is 14.7. The number of aromatic nitrogens is 2. The van der Waals surface area contributed by atoms with Gasteiger partial charge >= 0.3 is 0 Å². The predicted octanol–water partition coefficient (Wildman–Crippen LogP) is 2.43. The van der Waals surface area contributed by atoms with Crippen molar-refractivity contribution in [1.82, 2.24) is 9.78 Å². The van der Waals surface area contributed by atoms with Gasteiger partial charge in [-0.3, -0.25) is 9.48 Å². The number of halogens is 1. The van der Waals surface area contributed by atoms with E-state index in [-0.39, 0.29) is 11.6 Å². The molecule has 0 fully saturated rings. The van der Waals surface area contributed by atoms with E-state index in [4.69, 9.17) is 0 Å². The Bertz CT molecular complexity index is 546. The van der Waals surface area contributed by atoms with Crippen LogP contribution in [0.1, 0.15) is 17.3 Å². The van der Waals surface area contributed by atoms with Gasteiger partial charge in [-0.15, -0.1) is 0 Å². The average molecular weight is 218 g/mol. The summed E-state index contributed by atoms with van der Waals surface area (Å²) in [7, 11) is 1.73. The molecule has 0 saturated heterocycles. The van der Waals surface area contributed by atoms with Crippen molar-refractivity contribution in [3.8, 4) is 11.3 Å². The Labute approximate surface area is 92.5 Å². The monoisotopic (exact) mass is 218 g/mol. The van der Waals surface area contributed by atoms with Gasteiger partial charge in [-0.1, -0.05) is 12.1 Å². The zero-order valence-corrected chi connectivity index (χ0v) is 9.07. The quantitative estimate of drug-likeness (QED) is 0.725. The van der Waals surface area contributed by atoms with E-state index in [1.165, 1.54) is 25.3 Å². The third kappa shape index (κ3) is 1.74. The number of nitrogens with zero attached hydrogens (tertiary/aromatic N) is 2. The number of hydrogen-bond acceptors (Lipinski definition) is 2. The van der Waals surface area contributed by atoms with Crippen molar-refractivity contribution in [3.05, 3.63) is 41.8 Å². The van der Waals surface area contributed by atoms with Crippen LogP contribution in [0, 0.1) is 5.82 Å². The van der Waals surface area contributed by atoms with E-state index in [0.717, 1.165) is 0 Å². The standard InChI is InChI=1S/C12H11FN2O/c1-8(16)11-7-14-15(2)12(11)9-4-3-5-10(13)6-9/h3-7H,1-2H3. The van der Waals surface area contributed by atoms with Crippen LogP contribution < -0.4 is 0 Å². The lowest BCUT2D eigenvalue weighted by Gasteiger charge is -2.04. The molecule has 16 heavy (non-hydrogen) atoms. The second-order valence-electron chi connectivity index (χ2n) is 3.60. The van der Waals surface area contributed by atoms with Gasteiger partial charge in [0.15, 0.2) is 5.78 Å². The Morgan fingerprint density at radius 3 is 2.81 bits per heavy atom. The minimum atomic E-state index is -0.326. The van der Waals surface area contributed by atoms with E-state index in [1.807, 2.05) is 0 Å². The van der Waals surface area contributed by atoms with Gasteiger partial charge in [0.2, 0.25) is 0 Å². The lowest BCUT2D eigenvalue weighted by molar-refractivity contribution is 0.101. The van der Waals surface area contributed by atoms with Crippen molar-refractivity contribution in [1.29, 1.82) is 0 Å². The molecule has 0 unspecified atom stereocenters. The second kappa shape index (κ2) is 3.89. The fourth-order valence-corrected chi connectivity index (χ4v) is 1.67. The Morgan fingerprint density at radius 1 is 1.44 bits per heavy atom. The fraction of sp³-hybridized carbons (Fsp3) is 0.167. The first-order chi connectivity index (χ1) is 7.59. The molecule has 4 heteroatoms. The Hall–Kier alpha value is -1.97. The minimum Gasteiger partial charge on any atom is -0.294 e. The molecule has 0 radical (unpaired) electrons. The molecule has 2 aromatic rings. The molecular formula is C12H11FN2O. The molecule has 0 atom stereocenters. The van der Waals surface area contributed by atoms with E-state index in [0.29, 0.717) is 16.8 Å². The minimum absolute atomic E-state index is 0.0765. The number of ketones is 1. The molecule has 0 N–H and O–H groups in total. The molecule has 3 nitrogen and oxygen atoms in total. The van der Waals surface area contributed by atoms with Gasteiger partial charge in [0, 0.05) is 12.6 Å². The largest absolute Gasteiger partial charge is 0.294 e. The summed E-state index contributed by atoms with van der Waals surface area (Å²) in [5.74, 6) is -0.402. The Balaban J connectivity index is 2.63. The zero-order chi connectivity index (χ0) is 11.7. The molecule has 0 aliphatic heterocycles. The third-order valence-electron chi connectivity index (χ3n) is 2.42. The van der Waals surface area contributed by atoms with Crippen LogP contribution in [-0.2, 0) is 7.05 Å². The first kappa shape index (κ1) is 10.5. The van der Waals surface area contributed by atoms with Gasteiger partial charge in [0.05, 0.1) is 17.5 Å². The molecule has 2 rings (SSSR count). The van der Waals surface area contributed by atoms with E-state index in [9.17, 15) is 9.18 Å². The normalized spacial score (nSPS) is 10.4. The second-order valence-corrected chi connectivity index (χ2v) is 3.60. The number of carbonyl (C=O) groups is 1. The molecule has 1 aromatic heterocycles. The number of Topliss-reactive ketones (excluding diaryl/α,β-unsaturated/α-hetero) is 1. The highest BCUT2D eigenvalue weighted by Crippen LogP contribution is 2.23. The van der Waals surface area contributed by atoms with Crippen molar-refractivity contribution in [2.75, 3.05) is 0 Å². The molecule has 0 bridgehead atoms. The third-order valence-corrected chi connectivity index (χ3v) is 2.42. The molecule has 0 aliphatic carbocycles. The van der Waals surface area contributed by atoms with Crippen molar-refractivity contribution in [2.45, 2.75) is 6.92 Å². The highest BCUT2D eigenvalue weighted by Gasteiger charge is 2.14. The van der Waals surface area contributed by atoms with Crippen LogP contribution >= 0.6 is 0 Å². The summed E-state index contributed by atoms with van der Waals surface area (Å²) in [6, 6.07) is 6.13. The highest BCUT2D eigenvalue weighted by molar-refractivity contribution is 5.99. The van der Waals surface area contributed by atoms with Crippen LogP contribution in [-0.4, -0.2) is 15.6 Å². The van der Waals surface area contributed by atoms with Crippen LogP contribution in [0.5, 0.6) is 0 Å². The molecule has 1 heterocycles. The van der Waals surface area contributed by atoms with Crippen LogP contribution in [0.2, 0.25) is 0 Å². The maximum atomic E-state index is 13.1. The Morgan fingerprint density at radius 2 is 2.19 bits per heavy atom. The maximum absolute atomic E-state index is 13.1. The summed E-state index contributed by atoms with van der Waals surface area (Å²) >= 11 is 0. The van der Waals surface area contributed by atoms with Gasteiger partial charge in [-0.05, 0) is 19.1 Å². The number of carbonyl (C=O) groups excluding carboxylic acids is 1. The van der Waals surface area contributed by atoms with Crippen molar-refractivity contribution in [3.63, 3.8) is 0 Å². The van der Waals surface area contributed by atoms with E-state index in [1.54, 1.807) is 23.9 Å². The van der Waals surface area contributed by atoms with E-state index < -0.39 is 0 Å². The fourth-order valence-electron chi connectivity index (χ4n) is 1.67. The van der Waals surface area contributed by atoms with Gasteiger partial charge < -0.3 is 0 Å². The summed E-state index contributed by atoms with van der Waals surface area (Å²) in [6.45, 7) is 1.47. The zero-order valence-electron chi connectivity index (χ0n) is 9.07. The lowest BCUT2D eigenvalue weighted by Crippen LogP contribution is -1.98. The molecule has 0 spiro atoms. The summed E-state index contributed by atoms with van der Waals surface area (Å²) in [6.07, 6.45) is 1.50. The topological polar surface area (TPSA) is 34.9 Å². The van der Waals surface area contributed by atoms with Crippen LogP contribution in [0.3, 0.4) is 0 Å². The number of hydrogen-bond donors (Lipinski definition) is 0. The number of aryl methyl sites for hydroxylation is 1. The molecule has 0 saturated carbocycles. The number of rotatable bonds is 2. The van der Waals surface area contributed by atoms with E-state index >= 15 is 0 Å². The summed E-state index contributed by atoms with van der Waals surface area (Å²) in [5, 5.41) is 4.02. The molecule has 0 aliphatic rings. The average Bonchev–Trinajstić information content (AvgIpc) is 2.60. The maximum Gasteiger partial charge on any atom is 0.163 e. The van der Waals surface area contributed by atoms with Crippen LogP contribution in [0.25, 0.3) is 11.3 Å². The van der Waals surface area contributed by atoms with Crippen molar-refractivity contribution < 1.29 is 9.18 Å². The molecule has 1 aromatic carbocycles. The summed E-state index contributed by atoms with van der Waals surface area (Å²) in [5.41, 5.74) is 1.81. The van der Waals surface area contributed by atoms with Gasteiger partial charge in [0.1, 0.15) is 5.82 Å². The molecule has 0 amide bonds.